The topological polar surface area (TPSA) is 89.0 Å². The Balaban J connectivity index is 2.40. The molecule has 2 unspecified atom stereocenters. The van der Waals surface area contributed by atoms with Gasteiger partial charge in [0.1, 0.15) is 5.82 Å². The van der Waals surface area contributed by atoms with Crippen molar-refractivity contribution in [3.8, 4) is 0 Å². The van der Waals surface area contributed by atoms with Crippen molar-refractivity contribution in [2.24, 2.45) is 11.5 Å². The summed E-state index contributed by atoms with van der Waals surface area (Å²) in [7, 11) is 0. The van der Waals surface area contributed by atoms with Crippen LogP contribution in [0.15, 0.2) is 30.8 Å². The summed E-state index contributed by atoms with van der Waals surface area (Å²) in [6.07, 6.45) is 4.82. The summed E-state index contributed by atoms with van der Waals surface area (Å²) in [5.41, 5.74) is 16.2. The highest BCUT2D eigenvalue weighted by Crippen LogP contribution is 2.28. The molecular formula is C24H36FN5. The molecule has 0 aliphatic heterocycles. The Labute approximate surface area is 180 Å². The fraction of sp³-hybridized carbons (Fsp3) is 0.458. The van der Waals surface area contributed by atoms with Crippen LogP contribution in [-0.2, 0) is 12.8 Å². The van der Waals surface area contributed by atoms with Crippen LogP contribution in [-0.4, -0.2) is 17.1 Å². The second-order valence-corrected chi connectivity index (χ2v) is 7.81. The van der Waals surface area contributed by atoms with Crippen molar-refractivity contribution in [3.63, 3.8) is 0 Å². The molecule has 0 saturated carbocycles. The molecule has 5 nitrogen and oxygen atoms in total. The Morgan fingerprint density at radius 2 is 1.83 bits per heavy atom. The van der Waals surface area contributed by atoms with Crippen molar-refractivity contribution in [2.75, 3.05) is 10.6 Å². The zero-order chi connectivity index (χ0) is 22.3. The van der Waals surface area contributed by atoms with Gasteiger partial charge in [0.2, 0.25) is 0 Å². The van der Waals surface area contributed by atoms with Crippen LogP contribution in [0, 0.1) is 5.82 Å². The molecule has 0 aliphatic rings. The smallest absolute Gasteiger partial charge is 0.166 e. The average Bonchev–Trinajstić information content (AvgIpc) is 2.72. The summed E-state index contributed by atoms with van der Waals surface area (Å²) >= 11 is 0. The lowest BCUT2D eigenvalue weighted by Crippen LogP contribution is -2.38. The van der Waals surface area contributed by atoms with Crippen LogP contribution in [0.2, 0.25) is 0 Å². The van der Waals surface area contributed by atoms with E-state index in [0.29, 0.717) is 11.4 Å². The molecule has 0 radical (unpaired) electrons. The van der Waals surface area contributed by atoms with Gasteiger partial charge in [-0.25, -0.2) is 9.37 Å². The van der Waals surface area contributed by atoms with E-state index in [2.05, 4.69) is 55.1 Å². The maximum absolute atomic E-state index is 14.8. The summed E-state index contributed by atoms with van der Waals surface area (Å²) < 4.78 is 14.8. The summed E-state index contributed by atoms with van der Waals surface area (Å²) in [5, 5.41) is 6.50. The van der Waals surface area contributed by atoms with E-state index in [1.165, 1.54) is 17.2 Å². The number of halogens is 1. The Morgan fingerprint density at radius 1 is 1.13 bits per heavy atom. The van der Waals surface area contributed by atoms with Crippen molar-refractivity contribution >= 4 is 23.0 Å². The molecule has 6 heteroatoms. The van der Waals surface area contributed by atoms with Crippen LogP contribution in [0.5, 0.6) is 0 Å². The van der Waals surface area contributed by atoms with Gasteiger partial charge < -0.3 is 22.1 Å². The second-order valence-electron chi connectivity index (χ2n) is 7.81. The standard InChI is InChI=1S/C24H36FN5/c1-6-9-10-22(16(5)27)29-24-21(25)14-20(15(4)26)23(30-24)28-19-12-11-17(7-2)18(8-3)13-19/h11-14,16,22H,4,6-10,26-27H2,1-3,5H3,(H2,28,29,30). The average molecular weight is 414 g/mol. The molecule has 2 atom stereocenters. The Bertz CT molecular complexity index is 863. The van der Waals surface area contributed by atoms with E-state index < -0.39 is 5.82 Å². The fourth-order valence-electron chi connectivity index (χ4n) is 3.51. The number of nitrogens with zero attached hydrogens (tertiary/aromatic N) is 1. The number of hydrogen-bond donors (Lipinski definition) is 4. The van der Waals surface area contributed by atoms with E-state index in [1.54, 1.807) is 0 Å². The minimum absolute atomic E-state index is 0.0674. The molecule has 1 heterocycles. The minimum Gasteiger partial charge on any atom is -0.399 e. The summed E-state index contributed by atoms with van der Waals surface area (Å²) in [6.45, 7) is 12.1. The summed E-state index contributed by atoms with van der Waals surface area (Å²) in [6, 6.07) is 7.39. The van der Waals surface area contributed by atoms with Gasteiger partial charge in [-0.15, -0.1) is 0 Å². The van der Waals surface area contributed by atoms with Crippen molar-refractivity contribution in [2.45, 2.75) is 71.9 Å². The molecule has 0 saturated heterocycles. The number of benzene rings is 1. The lowest BCUT2D eigenvalue weighted by Gasteiger charge is -2.24. The molecule has 0 bridgehead atoms. The van der Waals surface area contributed by atoms with Crippen LogP contribution in [0.4, 0.5) is 21.7 Å². The molecule has 30 heavy (non-hydrogen) atoms. The molecule has 2 aromatic rings. The molecule has 0 amide bonds. The number of pyridine rings is 1. The molecule has 0 aliphatic carbocycles. The second kappa shape index (κ2) is 11.0. The first-order valence-electron chi connectivity index (χ1n) is 10.9. The van der Waals surface area contributed by atoms with Gasteiger partial charge in [-0.3, -0.25) is 0 Å². The highest BCUT2D eigenvalue weighted by Gasteiger charge is 2.19. The van der Waals surface area contributed by atoms with Crippen molar-refractivity contribution in [1.82, 2.24) is 4.98 Å². The van der Waals surface area contributed by atoms with Gasteiger partial charge in [-0.05, 0) is 55.5 Å². The lowest BCUT2D eigenvalue weighted by molar-refractivity contribution is 0.524. The quantitative estimate of drug-likeness (QED) is 0.399. The Hall–Kier alpha value is -2.60. The van der Waals surface area contributed by atoms with E-state index >= 15 is 0 Å². The van der Waals surface area contributed by atoms with Gasteiger partial charge in [0.15, 0.2) is 11.6 Å². The Morgan fingerprint density at radius 3 is 2.40 bits per heavy atom. The predicted octanol–water partition coefficient (Wildman–Crippen LogP) is 5.34. The van der Waals surface area contributed by atoms with E-state index in [-0.39, 0.29) is 23.6 Å². The van der Waals surface area contributed by atoms with Crippen molar-refractivity contribution < 1.29 is 4.39 Å². The monoisotopic (exact) mass is 413 g/mol. The van der Waals surface area contributed by atoms with Gasteiger partial charge in [-0.2, -0.15) is 0 Å². The number of hydrogen-bond acceptors (Lipinski definition) is 5. The van der Waals surface area contributed by atoms with Crippen LogP contribution < -0.4 is 22.1 Å². The SMILES string of the molecule is C=C(N)c1cc(F)c(NC(CCCC)C(C)N)nc1Nc1ccc(CC)c(CC)c1. The van der Waals surface area contributed by atoms with Crippen LogP contribution in [0.3, 0.4) is 0 Å². The molecule has 164 valence electrons. The maximum Gasteiger partial charge on any atom is 0.166 e. The predicted molar refractivity (Wildman–Crippen MR) is 126 cm³/mol. The first-order valence-corrected chi connectivity index (χ1v) is 10.9. The zero-order valence-electron chi connectivity index (χ0n) is 18.7. The van der Waals surface area contributed by atoms with Crippen LogP contribution in [0.25, 0.3) is 5.70 Å². The summed E-state index contributed by atoms with van der Waals surface area (Å²) in [5.74, 6) is 0.165. The van der Waals surface area contributed by atoms with Crippen molar-refractivity contribution in [1.29, 1.82) is 0 Å². The molecular weight excluding hydrogens is 377 g/mol. The summed E-state index contributed by atoms with van der Waals surface area (Å²) in [4.78, 5) is 4.52. The third kappa shape index (κ3) is 5.95. The first-order chi connectivity index (χ1) is 14.3. The number of unbranched alkanes of at least 4 members (excludes halogenated alkanes) is 1. The molecule has 1 aromatic carbocycles. The molecule has 0 fully saturated rings. The third-order valence-corrected chi connectivity index (χ3v) is 5.38. The first kappa shape index (κ1) is 23.7. The lowest BCUT2D eigenvalue weighted by atomic mass is 10.0. The van der Waals surface area contributed by atoms with E-state index in [9.17, 15) is 4.39 Å². The van der Waals surface area contributed by atoms with Crippen LogP contribution in [0.1, 0.15) is 63.6 Å². The van der Waals surface area contributed by atoms with E-state index in [4.69, 9.17) is 11.5 Å². The largest absolute Gasteiger partial charge is 0.399 e. The van der Waals surface area contributed by atoms with Crippen molar-refractivity contribution in [3.05, 3.63) is 53.4 Å². The molecule has 6 N–H and O–H groups in total. The zero-order valence-corrected chi connectivity index (χ0v) is 18.7. The van der Waals surface area contributed by atoms with Gasteiger partial charge in [0.25, 0.3) is 0 Å². The molecule has 1 aromatic heterocycles. The fourth-order valence-corrected chi connectivity index (χ4v) is 3.51. The van der Waals surface area contributed by atoms with E-state index in [0.717, 1.165) is 37.8 Å². The number of aromatic nitrogens is 1. The van der Waals surface area contributed by atoms with Gasteiger partial charge in [0.05, 0.1) is 0 Å². The highest BCUT2D eigenvalue weighted by molar-refractivity contribution is 5.76. The third-order valence-electron chi connectivity index (χ3n) is 5.38. The van der Waals surface area contributed by atoms with Gasteiger partial charge in [0, 0.05) is 29.0 Å². The normalized spacial score (nSPS) is 13.0. The number of nitrogens with two attached hydrogens (primary N) is 2. The number of nitrogens with one attached hydrogen (secondary N) is 2. The van der Waals surface area contributed by atoms with E-state index in [1.807, 2.05) is 13.0 Å². The number of rotatable bonds is 11. The van der Waals surface area contributed by atoms with Crippen LogP contribution >= 0.6 is 0 Å². The molecule has 0 spiro atoms. The number of aryl methyl sites for hydroxylation is 2. The van der Waals surface area contributed by atoms with Gasteiger partial charge >= 0.3 is 0 Å². The van der Waals surface area contributed by atoms with Gasteiger partial charge in [-0.1, -0.05) is 46.3 Å². The number of anilines is 3. The Kier molecular flexibility index (Phi) is 8.66. The maximum atomic E-state index is 14.8. The molecule has 2 rings (SSSR count). The minimum atomic E-state index is -0.472. The highest BCUT2D eigenvalue weighted by atomic mass is 19.1.